The number of likely N-dealkylation sites (tertiary alicyclic amines) is 1. The molecule has 1 fully saturated rings. The molecule has 5 aromatic rings. The van der Waals surface area contributed by atoms with Gasteiger partial charge in [-0.1, -0.05) is 0 Å². The first-order chi connectivity index (χ1) is 16.9. The van der Waals surface area contributed by atoms with Crippen LogP contribution in [0.25, 0.3) is 44.6 Å². The number of amides is 1. The Morgan fingerprint density at radius 2 is 1.86 bits per heavy atom. The predicted molar refractivity (Wildman–Crippen MR) is 129 cm³/mol. The van der Waals surface area contributed by atoms with E-state index in [0.29, 0.717) is 40.7 Å². The summed E-state index contributed by atoms with van der Waals surface area (Å²) < 4.78 is 4.96. The van der Waals surface area contributed by atoms with Crippen molar-refractivity contribution >= 4 is 28.2 Å². The Morgan fingerprint density at radius 3 is 2.54 bits per heavy atom. The average Bonchev–Trinajstić information content (AvgIpc) is 3.58. The minimum atomic E-state index is -0.977. The zero-order valence-electron chi connectivity index (χ0n) is 19.2. The van der Waals surface area contributed by atoms with Crippen LogP contribution in [0.4, 0.5) is 4.79 Å². The van der Waals surface area contributed by atoms with Gasteiger partial charge >= 0.3 is 11.8 Å². The van der Waals surface area contributed by atoms with Gasteiger partial charge in [-0.2, -0.15) is 5.10 Å². The van der Waals surface area contributed by atoms with Crippen LogP contribution in [-0.2, 0) is 14.1 Å². The molecule has 0 saturated carbocycles. The van der Waals surface area contributed by atoms with Gasteiger partial charge in [0.15, 0.2) is 0 Å². The molecule has 0 unspecified atom stereocenters. The van der Waals surface area contributed by atoms with E-state index in [9.17, 15) is 14.7 Å². The summed E-state index contributed by atoms with van der Waals surface area (Å²) in [5.74, 6) is 0. The van der Waals surface area contributed by atoms with E-state index in [1.807, 2.05) is 37.5 Å². The number of rotatable bonds is 3. The summed E-state index contributed by atoms with van der Waals surface area (Å²) in [6.07, 6.45) is 6.70. The van der Waals surface area contributed by atoms with Gasteiger partial charge in [-0.25, -0.2) is 14.6 Å². The van der Waals surface area contributed by atoms with Gasteiger partial charge in [0.25, 0.3) is 0 Å². The molecule has 0 bridgehead atoms. The van der Waals surface area contributed by atoms with Gasteiger partial charge in [-0.3, -0.25) is 23.8 Å². The molecule has 1 amide bonds. The fraction of sp³-hybridized carbons (Fsp3) is 0.250. The first kappa shape index (κ1) is 21.0. The van der Waals surface area contributed by atoms with Crippen molar-refractivity contribution in [3.63, 3.8) is 0 Å². The minimum absolute atomic E-state index is 0.207. The average molecular weight is 470 g/mol. The molecular weight excluding hydrogens is 448 g/mol. The van der Waals surface area contributed by atoms with E-state index in [1.54, 1.807) is 39.5 Å². The van der Waals surface area contributed by atoms with Crippen LogP contribution in [0.5, 0.6) is 0 Å². The van der Waals surface area contributed by atoms with Crippen LogP contribution in [0.2, 0.25) is 0 Å². The number of nitrogens with zero attached hydrogens (tertiary/aromatic N) is 8. The maximum absolute atomic E-state index is 13.2. The van der Waals surface area contributed by atoms with Gasteiger partial charge in [-0.15, -0.1) is 0 Å². The number of carbonyl (C=O) groups is 1. The smallest absolute Gasteiger partial charge is 0.407 e. The van der Waals surface area contributed by atoms with Crippen LogP contribution in [-0.4, -0.2) is 63.1 Å². The zero-order chi connectivity index (χ0) is 24.3. The van der Waals surface area contributed by atoms with E-state index < -0.39 is 6.09 Å². The van der Waals surface area contributed by atoms with Crippen molar-refractivity contribution in [1.29, 1.82) is 0 Å². The lowest BCUT2D eigenvalue weighted by molar-refractivity contribution is 0.154. The first-order valence-corrected chi connectivity index (χ1v) is 11.2. The number of pyridine rings is 3. The summed E-state index contributed by atoms with van der Waals surface area (Å²) in [5, 5.41) is 13.6. The number of imidazole rings is 1. The Bertz CT molecular complexity index is 1660. The SMILES string of the molecule is Cn1cc(-c2ccc(-c3ccc4ncc5c(c4n3)n([C@H]3CCN(C(=O)O)C3)c(=O)n5C)cn2)cn1. The number of hydrogen-bond acceptors (Lipinski definition) is 6. The summed E-state index contributed by atoms with van der Waals surface area (Å²) in [6, 6.07) is 7.38. The van der Waals surface area contributed by atoms with Crippen molar-refractivity contribution in [3.05, 3.63) is 59.5 Å². The topological polar surface area (TPSA) is 124 Å². The summed E-state index contributed by atoms with van der Waals surface area (Å²) >= 11 is 0. The van der Waals surface area contributed by atoms with E-state index in [-0.39, 0.29) is 18.3 Å². The Balaban J connectivity index is 1.48. The number of aryl methyl sites for hydroxylation is 2. The molecule has 0 aromatic carbocycles. The summed E-state index contributed by atoms with van der Waals surface area (Å²) in [4.78, 5) is 40.0. The number of carboxylic acid groups (broad SMARTS) is 1. The Hall–Kier alpha value is -4.54. The molecule has 1 aliphatic rings. The van der Waals surface area contributed by atoms with Gasteiger partial charge < -0.3 is 10.0 Å². The Kier molecular flexibility index (Phi) is 4.66. The highest BCUT2D eigenvalue weighted by atomic mass is 16.4. The highest BCUT2D eigenvalue weighted by molar-refractivity contribution is 6.00. The molecule has 5 aromatic heterocycles. The largest absolute Gasteiger partial charge is 0.465 e. The second-order valence-electron chi connectivity index (χ2n) is 8.77. The van der Waals surface area contributed by atoms with E-state index in [0.717, 1.165) is 16.8 Å². The molecule has 6 rings (SSSR count). The van der Waals surface area contributed by atoms with Crippen molar-refractivity contribution in [2.75, 3.05) is 13.1 Å². The lowest BCUT2D eigenvalue weighted by atomic mass is 10.1. The molecule has 176 valence electrons. The maximum atomic E-state index is 13.2. The molecule has 11 nitrogen and oxygen atoms in total. The van der Waals surface area contributed by atoms with Crippen molar-refractivity contribution in [2.45, 2.75) is 12.5 Å². The molecule has 6 heterocycles. The molecule has 11 heteroatoms. The van der Waals surface area contributed by atoms with Gasteiger partial charge in [0.05, 0.1) is 46.4 Å². The van der Waals surface area contributed by atoms with Gasteiger partial charge in [0.1, 0.15) is 5.52 Å². The Labute approximate surface area is 198 Å². The second kappa shape index (κ2) is 7.76. The van der Waals surface area contributed by atoms with Crippen LogP contribution < -0.4 is 5.69 Å². The standard InChI is InChI=1S/C24H22N8O3/c1-29-12-15(10-27-29)17-4-3-14(9-25-17)18-5-6-19-21(28-18)22-20(11-26-19)30(2)23(33)32(22)16-7-8-31(13-16)24(34)35/h3-6,9-12,16H,7-8,13H2,1-2H3,(H,34,35)/t16-/m0/s1. The van der Waals surface area contributed by atoms with E-state index in [4.69, 9.17) is 4.98 Å². The third-order valence-electron chi connectivity index (χ3n) is 6.62. The van der Waals surface area contributed by atoms with Crippen molar-refractivity contribution < 1.29 is 9.90 Å². The fourth-order valence-corrected chi connectivity index (χ4v) is 4.78. The zero-order valence-corrected chi connectivity index (χ0v) is 19.2. The molecule has 0 radical (unpaired) electrons. The van der Waals surface area contributed by atoms with Crippen LogP contribution >= 0.6 is 0 Å². The summed E-state index contributed by atoms with van der Waals surface area (Å²) in [6.45, 7) is 0.650. The number of hydrogen-bond donors (Lipinski definition) is 1. The van der Waals surface area contributed by atoms with Crippen molar-refractivity contribution in [1.82, 2.24) is 38.8 Å². The van der Waals surface area contributed by atoms with Gasteiger partial charge in [0, 0.05) is 50.7 Å². The normalized spacial score (nSPS) is 15.9. The molecule has 1 N–H and O–H groups in total. The molecule has 1 saturated heterocycles. The second-order valence-corrected chi connectivity index (χ2v) is 8.77. The quantitative estimate of drug-likeness (QED) is 0.430. The molecule has 0 aliphatic carbocycles. The lowest BCUT2D eigenvalue weighted by Gasteiger charge is -2.14. The molecule has 0 spiro atoms. The highest BCUT2D eigenvalue weighted by Crippen LogP contribution is 2.30. The molecule has 1 atom stereocenters. The third kappa shape index (κ3) is 3.35. The van der Waals surface area contributed by atoms with E-state index in [2.05, 4.69) is 15.1 Å². The van der Waals surface area contributed by atoms with E-state index >= 15 is 0 Å². The maximum Gasteiger partial charge on any atom is 0.407 e. The summed E-state index contributed by atoms with van der Waals surface area (Å²) in [7, 11) is 3.56. The van der Waals surface area contributed by atoms with Crippen LogP contribution in [0.3, 0.4) is 0 Å². The molecular formula is C24H22N8O3. The molecule has 1 aliphatic heterocycles. The molecule has 35 heavy (non-hydrogen) atoms. The predicted octanol–water partition coefficient (Wildman–Crippen LogP) is 2.67. The number of fused-ring (bicyclic) bond motifs is 3. The monoisotopic (exact) mass is 470 g/mol. The first-order valence-electron chi connectivity index (χ1n) is 11.2. The Morgan fingerprint density at radius 1 is 1.03 bits per heavy atom. The minimum Gasteiger partial charge on any atom is -0.465 e. The number of aromatic nitrogens is 7. The van der Waals surface area contributed by atoms with Crippen molar-refractivity contribution in [2.24, 2.45) is 14.1 Å². The van der Waals surface area contributed by atoms with Crippen LogP contribution in [0.15, 0.2) is 53.8 Å². The fourth-order valence-electron chi connectivity index (χ4n) is 4.78. The van der Waals surface area contributed by atoms with E-state index in [1.165, 1.54) is 4.90 Å². The van der Waals surface area contributed by atoms with Crippen LogP contribution in [0, 0.1) is 0 Å². The van der Waals surface area contributed by atoms with Gasteiger partial charge in [-0.05, 0) is 30.7 Å². The van der Waals surface area contributed by atoms with Crippen molar-refractivity contribution in [3.8, 4) is 22.5 Å². The third-order valence-corrected chi connectivity index (χ3v) is 6.62. The lowest BCUT2D eigenvalue weighted by Crippen LogP contribution is -2.30. The summed E-state index contributed by atoms with van der Waals surface area (Å²) in [5.41, 5.74) is 5.66. The highest BCUT2D eigenvalue weighted by Gasteiger charge is 2.31. The van der Waals surface area contributed by atoms with Gasteiger partial charge in [0.2, 0.25) is 0 Å². The van der Waals surface area contributed by atoms with Crippen LogP contribution in [0.1, 0.15) is 12.5 Å².